The summed E-state index contributed by atoms with van der Waals surface area (Å²) in [5, 5.41) is 0. The summed E-state index contributed by atoms with van der Waals surface area (Å²) in [6.07, 6.45) is 4.99. The molecule has 0 heterocycles. The molecule has 1 aliphatic rings. The van der Waals surface area contributed by atoms with Gasteiger partial charge in [0.2, 0.25) is 0 Å². The molecule has 0 spiro atoms. The summed E-state index contributed by atoms with van der Waals surface area (Å²) in [5.41, 5.74) is 0.667. The molecular formula is C6H11BrMg. The van der Waals surface area contributed by atoms with Crippen molar-refractivity contribution in [3.63, 3.8) is 0 Å². The molecule has 44 valence electrons. The van der Waals surface area contributed by atoms with Crippen molar-refractivity contribution in [3.8, 4) is 0 Å². The summed E-state index contributed by atoms with van der Waals surface area (Å²) < 4.78 is 0. The van der Waals surface area contributed by atoms with E-state index in [1.807, 2.05) is 0 Å². The van der Waals surface area contributed by atoms with E-state index in [1.54, 1.807) is 0 Å². The smallest absolute Gasteiger partial charge is 1.00 e. The van der Waals surface area contributed by atoms with Gasteiger partial charge in [0.1, 0.15) is 0 Å². The molecule has 1 fully saturated rings. The summed E-state index contributed by atoms with van der Waals surface area (Å²) >= 11 is 0. The fourth-order valence-electron chi connectivity index (χ4n) is 0.722. The first-order chi connectivity index (χ1) is 2.71. The van der Waals surface area contributed by atoms with Crippen LogP contribution in [-0.2, 0) is 0 Å². The zero-order valence-electron chi connectivity index (χ0n) is 5.58. The van der Waals surface area contributed by atoms with Crippen molar-refractivity contribution in [1.82, 2.24) is 0 Å². The third-order valence-corrected chi connectivity index (χ3v) is 1.39. The second-order valence-corrected chi connectivity index (χ2v) is 2.86. The van der Waals surface area contributed by atoms with Gasteiger partial charge in [-0.1, -0.05) is 19.3 Å². The predicted octanol–water partition coefficient (Wildman–Crippen LogP) is -1.37. The van der Waals surface area contributed by atoms with Gasteiger partial charge in [0.05, 0.1) is 0 Å². The van der Waals surface area contributed by atoms with Crippen LogP contribution in [0, 0.1) is 11.8 Å². The van der Waals surface area contributed by atoms with Crippen molar-refractivity contribution < 1.29 is 17.0 Å². The molecule has 2 heteroatoms. The molecule has 0 bridgehead atoms. The van der Waals surface area contributed by atoms with Crippen molar-refractivity contribution in [2.45, 2.75) is 26.7 Å². The van der Waals surface area contributed by atoms with Gasteiger partial charge in [-0.2, -0.15) is 12.8 Å². The van der Waals surface area contributed by atoms with E-state index in [0.29, 0.717) is 5.41 Å². The fourth-order valence-corrected chi connectivity index (χ4v) is 0.722. The van der Waals surface area contributed by atoms with Crippen molar-refractivity contribution in [3.05, 3.63) is 6.42 Å². The maximum Gasteiger partial charge on any atom is 2.00 e. The van der Waals surface area contributed by atoms with Gasteiger partial charge < -0.3 is 23.4 Å². The molecule has 0 atom stereocenters. The normalized spacial score (nSPS) is 21.8. The van der Waals surface area contributed by atoms with Gasteiger partial charge in [0.25, 0.3) is 0 Å². The molecule has 0 saturated heterocycles. The van der Waals surface area contributed by atoms with Gasteiger partial charge in [-0.25, -0.2) is 0 Å². The average molecular weight is 187 g/mol. The Hall–Kier alpha value is 1.25. The largest absolute Gasteiger partial charge is 2.00 e. The van der Waals surface area contributed by atoms with Gasteiger partial charge in [-0.15, -0.1) is 0 Å². The first-order valence-corrected chi connectivity index (χ1v) is 2.52. The molecule has 1 saturated carbocycles. The second-order valence-electron chi connectivity index (χ2n) is 2.86. The molecule has 0 aliphatic heterocycles. The van der Waals surface area contributed by atoms with Crippen molar-refractivity contribution >= 4 is 23.1 Å². The molecule has 0 aromatic carbocycles. The molecule has 1 aliphatic carbocycles. The van der Waals surface area contributed by atoms with Crippen LogP contribution in [0.3, 0.4) is 0 Å². The Labute approximate surface area is 78.3 Å². The van der Waals surface area contributed by atoms with Gasteiger partial charge >= 0.3 is 23.1 Å². The van der Waals surface area contributed by atoms with Crippen LogP contribution in [0.5, 0.6) is 0 Å². The van der Waals surface area contributed by atoms with Gasteiger partial charge in [0, 0.05) is 0 Å². The minimum atomic E-state index is 0. The van der Waals surface area contributed by atoms with E-state index in [1.165, 1.54) is 12.8 Å². The minimum Gasteiger partial charge on any atom is -1.00 e. The van der Waals surface area contributed by atoms with Crippen molar-refractivity contribution in [2.75, 3.05) is 0 Å². The third kappa shape index (κ3) is 3.31. The van der Waals surface area contributed by atoms with E-state index >= 15 is 0 Å². The molecule has 0 radical (unpaired) electrons. The summed E-state index contributed by atoms with van der Waals surface area (Å²) in [6.45, 7) is 4.60. The van der Waals surface area contributed by atoms with E-state index < -0.39 is 0 Å². The number of hydrogen-bond acceptors (Lipinski definition) is 0. The summed E-state index contributed by atoms with van der Waals surface area (Å²) in [6, 6.07) is 0. The standard InChI is InChI=1S/C6H11.BrH.Mg/c1-6(2)4-3-5-6;;/h3H,4-5H2,1-2H3;1H;/q-1;;+2/p-1. The topological polar surface area (TPSA) is 0 Å². The van der Waals surface area contributed by atoms with Gasteiger partial charge in [-0.3, -0.25) is 0 Å². The Morgan fingerprint density at radius 2 is 1.50 bits per heavy atom. The first kappa shape index (κ1) is 12.0. The molecule has 0 N–H and O–H groups in total. The molecule has 0 aromatic rings. The monoisotopic (exact) mass is 186 g/mol. The van der Waals surface area contributed by atoms with Crippen molar-refractivity contribution in [1.29, 1.82) is 0 Å². The Kier molecular flexibility index (Phi) is 6.17. The summed E-state index contributed by atoms with van der Waals surface area (Å²) in [5.74, 6) is 0. The Morgan fingerprint density at radius 1 is 1.25 bits per heavy atom. The summed E-state index contributed by atoms with van der Waals surface area (Å²) in [4.78, 5) is 0. The van der Waals surface area contributed by atoms with Crippen LogP contribution >= 0.6 is 0 Å². The average Bonchev–Trinajstić information content (AvgIpc) is 1.32. The Balaban J connectivity index is 0. The molecule has 8 heavy (non-hydrogen) atoms. The number of hydrogen-bond donors (Lipinski definition) is 0. The predicted molar refractivity (Wildman–Crippen MR) is 33.1 cm³/mol. The zero-order valence-corrected chi connectivity index (χ0v) is 8.58. The minimum absolute atomic E-state index is 0. The fraction of sp³-hybridized carbons (Fsp3) is 0.833. The van der Waals surface area contributed by atoms with Crippen LogP contribution < -0.4 is 17.0 Å². The van der Waals surface area contributed by atoms with E-state index in [4.69, 9.17) is 0 Å². The molecule has 0 unspecified atom stereocenters. The quantitative estimate of drug-likeness (QED) is 0.324. The Morgan fingerprint density at radius 3 is 1.50 bits per heavy atom. The van der Waals surface area contributed by atoms with E-state index in [0.717, 1.165) is 0 Å². The van der Waals surface area contributed by atoms with Crippen molar-refractivity contribution in [2.24, 2.45) is 5.41 Å². The van der Waals surface area contributed by atoms with Gasteiger partial charge in [0.15, 0.2) is 0 Å². The number of halogens is 1. The molecule has 1 rings (SSSR count). The van der Waals surface area contributed by atoms with Crippen LogP contribution in [0.4, 0.5) is 0 Å². The summed E-state index contributed by atoms with van der Waals surface area (Å²) in [7, 11) is 0. The van der Waals surface area contributed by atoms with Crippen LogP contribution in [0.2, 0.25) is 0 Å². The van der Waals surface area contributed by atoms with Crippen LogP contribution in [-0.4, -0.2) is 23.1 Å². The van der Waals surface area contributed by atoms with Crippen LogP contribution in [0.1, 0.15) is 26.7 Å². The molecule has 0 amide bonds. The second kappa shape index (κ2) is 4.12. The van der Waals surface area contributed by atoms with Gasteiger partial charge in [-0.05, 0) is 0 Å². The molecular weight excluding hydrogens is 176 g/mol. The SMILES string of the molecule is CC1(C)C[CH-]C1.[Br-].[Mg+2]. The molecule has 0 aromatic heterocycles. The third-order valence-electron chi connectivity index (χ3n) is 1.39. The van der Waals surface area contributed by atoms with E-state index in [2.05, 4.69) is 20.3 Å². The van der Waals surface area contributed by atoms with E-state index in [9.17, 15) is 0 Å². The maximum absolute atomic E-state index is 2.33. The number of rotatable bonds is 0. The van der Waals surface area contributed by atoms with E-state index in [-0.39, 0.29) is 40.0 Å². The van der Waals surface area contributed by atoms with Crippen LogP contribution in [0.15, 0.2) is 0 Å². The van der Waals surface area contributed by atoms with Crippen LogP contribution in [0.25, 0.3) is 0 Å². The molecule has 0 nitrogen and oxygen atoms in total. The Bertz CT molecular complexity index is 55.5. The first-order valence-electron chi connectivity index (χ1n) is 2.52. The maximum atomic E-state index is 2.33. The zero-order chi connectivity index (χ0) is 4.62.